The third kappa shape index (κ3) is 2.56. The van der Waals surface area contributed by atoms with Crippen molar-refractivity contribution in [1.82, 2.24) is 0 Å². The van der Waals surface area contributed by atoms with Crippen molar-refractivity contribution >= 4 is 0 Å². The van der Waals surface area contributed by atoms with E-state index >= 15 is 0 Å². The molecule has 75 valence electrons. The van der Waals surface area contributed by atoms with Gasteiger partial charge in [-0.2, -0.15) is 0 Å². The molecule has 2 nitrogen and oxygen atoms in total. The van der Waals surface area contributed by atoms with E-state index in [2.05, 4.69) is 19.1 Å². The number of benzene rings is 1. The number of hydrogen-bond donors (Lipinski definition) is 0. The first-order chi connectivity index (χ1) is 6.90. The molecule has 1 heterocycles. The van der Waals surface area contributed by atoms with Crippen LogP contribution < -0.4 is 0 Å². The molecule has 1 fully saturated rings. The smallest absolute Gasteiger partial charge is 0.104 e. The Labute approximate surface area is 84.8 Å². The molecule has 0 amide bonds. The Kier molecular flexibility index (Phi) is 3.17. The molecule has 2 heteroatoms. The second kappa shape index (κ2) is 4.58. The van der Waals surface area contributed by atoms with Gasteiger partial charge in [0.1, 0.15) is 6.10 Å². The lowest BCUT2D eigenvalue weighted by molar-refractivity contribution is 0.0433. The third-order valence-electron chi connectivity index (χ3n) is 2.32. The molecular weight excluding hydrogens is 176 g/mol. The summed E-state index contributed by atoms with van der Waals surface area (Å²) in [4.78, 5) is 0. The monoisotopic (exact) mass is 191 g/mol. The number of hydrogen-bond acceptors (Lipinski definition) is 2. The Morgan fingerprint density at radius 1 is 1.43 bits per heavy atom. The maximum absolute atomic E-state index is 5.71. The van der Waals surface area contributed by atoms with Gasteiger partial charge in [0.15, 0.2) is 0 Å². The highest BCUT2D eigenvalue weighted by Crippen LogP contribution is 2.22. The predicted octanol–water partition coefficient (Wildman–Crippen LogP) is 2.37. The molecule has 1 radical (unpaired) electrons. The van der Waals surface area contributed by atoms with Crippen LogP contribution in [0.1, 0.15) is 18.1 Å². The number of rotatable bonds is 5. The van der Waals surface area contributed by atoms with E-state index in [-0.39, 0.29) is 6.10 Å². The van der Waals surface area contributed by atoms with Gasteiger partial charge in [-0.05, 0) is 12.0 Å². The highest BCUT2D eigenvalue weighted by atomic mass is 16.6. The van der Waals surface area contributed by atoms with Gasteiger partial charge in [-0.3, -0.25) is 0 Å². The Hall–Kier alpha value is -0.860. The third-order valence-corrected chi connectivity index (χ3v) is 2.32. The first kappa shape index (κ1) is 9.69. The minimum atomic E-state index is 0.111. The summed E-state index contributed by atoms with van der Waals surface area (Å²) in [6.45, 7) is 5.43. The van der Waals surface area contributed by atoms with Gasteiger partial charge < -0.3 is 9.47 Å². The fraction of sp³-hybridized carbons (Fsp3) is 0.417. The topological polar surface area (TPSA) is 21.8 Å². The van der Waals surface area contributed by atoms with E-state index in [1.54, 1.807) is 0 Å². The first-order valence-corrected chi connectivity index (χ1v) is 4.97. The second-order valence-corrected chi connectivity index (χ2v) is 3.48. The molecule has 0 bridgehead atoms. The average molecular weight is 191 g/mol. The lowest BCUT2D eigenvalue weighted by Crippen LogP contribution is -2.08. The van der Waals surface area contributed by atoms with Gasteiger partial charge in [0.2, 0.25) is 0 Å². The van der Waals surface area contributed by atoms with Crippen molar-refractivity contribution in [1.29, 1.82) is 0 Å². The van der Waals surface area contributed by atoms with Crippen molar-refractivity contribution in [2.24, 2.45) is 0 Å². The Morgan fingerprint density at radius 3 is 2.71 bits per heavy atom. The molecule has 0 N–H and O–H groups in total. The Balaban J connectivity index is 1.90. The van der Waals surface area contributed by atoms with E-state index in [9.17, 15) is 0 Å². The van der Waals surface area contributed by atoms with Gasteiger partial charge in [-0.25, -0.2) is 0 Å². The molecule has 0 spiro atoms. The highest BCUT2D eigenvalue weighted by Gasteiger charge is 2.24. The lowest BCUT2D eigenvalue weighted by atomic mass is 10.1. The molecule has 1 aliphatic rings. The summed E-state index contributed by atoms with van der Waals surface area (Å²) >= 11 is 0. The molecule has 1 saturated heterocycles. The van der Waals surface area contributed by atoms with E-state index in [1.165, 1.54) is 5.56 Å². The van der Waals surface area contributed by atoms with Crippen LogP contribution in [0.4, 0.5) is 0 Å². The number of epoxide rings is 1. The largest absolute Gasteiger partial charge is 0.371 e. The van der Waals surface area contributed by atoms with Gasteiger partial charge in [0, 0.05) is 0 Å². The van der Waals surface area contributed by atoms with Crippen molar-refractivity contribution in [3.8, 4) is 0 Å². The van der Waals surface area contributed by atoms with Crippen molar-refractivity contribution in [3.63, 3.8) is 0 Å². The molecule has 2 rings (SSSR count). The van der Waals surface area contributed by atoms with Crippen molar-refractivity contribution < 1.29 is 9.47 Å². The Morgan fingerprint density at radius 2 is 2.14 bits per heavy atom. The van der Waals surface area contributed by atoms with Gasteiger partial charge in [-0.15, -0.1) is 0 Å². The van der Waals surface area contributed by atoms with Gasteiger partial charge >= 0.3 is 0 Å². The standard InChI is InChI=1S/C12H15O2/c1-2-12(14-9-11-8-13-11)10-6-4-3-5-7-10/h3-7,11-12H,1-2,8-9H2. The van der Waals surface area contributed by atoms with Gasteiger partial charge in [0.05, 0.1) is 19.3 Å². The van der Waals surface area contributed by atoms with E-state index in [1.807, 2.05) is 18.2 Å². The van der Waals surface area contributed by atoms with Crippen LogP contribution in [0, 0.1) is 6.92 Å². The van der Waals surface area contributed by atoms with Crippen LogP contribution in [0.25, 0.3) is 0 Å². The second-order valence-electron chi connectivity index (χ2n) is 3.48. The summed E-state index contributed by atoms with van der Waals surface area (Å²) < 4.78 is 10.8. The molecule has 14 heavy (non-hydrogen) atoms. The summed E-state index contributed by atoms with van der Waals surface area (Å²) in [6, 6.07) is 10.2. The summed E-state index contributed by atoms with van der Waals surface area (Å²) in [7, 11) is 0. The quantitative estimate of drug-likeness (QED) is 0.666. The van der Waals surface area contributed by atoms with Crippen LogP contribution in [-0.2, 0) is 9.47 Å². The molecule has 2 atom stereocenters. The fourth-order valence-electron chi connectivity index (χ4n) is 1.40. The molecular formula is C12H15O2. The van der Waals surface area contributed by atoms with Crippen molar-refractivity contribution in [2.75, 3.05) is 13.2 Å². The van der Waals surface area contributed by atoms with Crippen LogP contribution in [0.2, 0.25) is 0 Å². The SMILES string of the molecule is [CH2]CC(OCC1CO1)c1ccccc1. The zero-order chi connectivity index (χ0) is 9.80. The average Bonchev–Trinajstić information content (AvgIpc) is 3.04. The first-order valence-electron chi connectivity index (χ1n) is 4.97. The van der Waals surface area contributed by atoms with E-state index < -0.39 is 0 Å². The van der Waals surface area contributed by atoms with Crippen LogP contribution in [0.15, 0.2) is 30.3 Å². The number of ether oxygens (including phenoxy) is 2. The summed E-state index contributed by atoms with van der Waals surface area (Å²) in [5.41, 5.74) is 1.20. The zero-order valence-electron chi connectivity index (χ0n) is 8.19. The maximum atomic E-state index is 5.71. The van der Waals surface area contributed by atoms with Crippen molar-refractivity contribution in [2.45, 2.75) is 18.6 Å². The molecule has 0 saturated carbocycles. The molecule has 1 aromatic carbocycles. The van der Waals surface area contributed by atoms with Crippen molar-refractivity contribution in [3.05, 3.63) is 42.8 Å². The molecule has 0 aliphatic carbocycles. The molecule has 1 aliphatic heterocycles. The van der Waals surface area contributed by atoms with E-state index in [0.29, 0.717) is 12.7 Å². The van der Waals surface area contributed by atoms with Crippen LogP contribution in [-0.4, -0.2) is 19.3 Å². The van der Waals surface area contributed by atoms with Crippen LogP contribution >= 0.6 is 0 Å². The maximum Gasteiger partial charge on any atom is 0.104 e. The minimum absolute atomic E-state index is 0.111. The van der Waals surface area contributed by atoms with Gasteiger partial charge in [0.25, 0.3) is 0 Å². The Bertz CT molecular complexity index is 267. The predicted molar refractivity (Wildman–Crippen MR) is 54.8 cm³/mol. The summed E-state index contributed by atoms with van der Waals surface area (Å²) in [5.74, 6) is 0. The fourth-order valence-corrected chi connectivity index (χ4v) is 1.40. The normalized spacial score (nSPS) is 21.9. The van der Waals surface area contributed by atoms with E-state index in [4.69, 9.17) is 9.47 Å². The van der Waals surface area contributed by atoms with Crippen LogP contribution in [0.3, 0.4) is 0 Å². The lowest BCUT2D eigenvalue weighted by Gasteiger charge is -2.15. The minimum Gasteiger partial charge on any atom is -0.371 e. The summed E-state index contributed by atoms with van der Waals surface area (Å²) in [5, 5.41) is 0. The van der Waals surface area contributed by atoms with Crippen LogP contribution in [0.5, 0.6) is 0 Å². The molecule has 0 aromatic heterocycles. The van der Waals surface area contributed by atoms with E-state index in [0.717, 1.165) is 13.0 Å². The zero-order valence-corrected chi connectivity index (χ0v) is 8.19. The summed E-state index contributed by atoms with van der Waals surface area (Å²) in [6.07, 6.45) is 1.20. The van der Waals surface area contributed by atoms with Gasteiger partial charge in [-0.1, -0.05) is 37.3 Å². The molecule has 2 unspecified atom stereocenters. The highest BCUT2D eigenvalue weighted by molar-refractivity contribution is 5.17. The molecule has 1 aromatic rings.